The molecule has 0 aliphatic carbocycles. The van der Waals surface area contributed by atoms with Crippen LogP contribution in [0.5, 0.6) is 0 Å². The Morgan fingerprint density at radius 1 is 1.53 bits per heavy atom. The van der Waals surface area contributed by atoms with Crippen molar-refractivity contribution in [3.63, 3.8) is 0 Å². The van der Waals surface area contributed by atoms with E-state index < -0.39 is 0 Å². The molecule has 0 aromatic carbocycles. The molecule has 0 radical (unpaired) electrons. The number of pyridine rings is 1. The van der Waals surface area contributed by atoms with Crippen LogP contribution >= 0.6 is 0 Å². The summed E-state index contributed by atoms with van der Waals surface area (Å²) in [5, 5.41) is 3.35. The SMILES string of the molecule is CCC1CCCN1c1ncc(F)cc1CNC(C)C. The molecule has 1 aliphatic heterocycles. The number of aromatic nitrogens is 1. The summed E-state index contributed by atoms with van der Waals surface area (Å²) in [5.74, 6) is 0.704. The molecule has 2 rings (SSSR count). The molecule has 1 aliphatic rings. The molecule has 106 valence electrons. The van der Waals surface area contributed by atoms with Crippen molar-refractivity contribution in [2.24, 2.45) is 0 Å². The van der Waals surface area contributed by atoms with Gasteiger partial charge >= 0.3 is 0 Å². The van der Waals surface area contributed by atoms with Gasteiger partial charge in [0.1, 0.15) is 11.6 Å². The van der Waals surface area contributed by atoms with E-state index in [4.69, 9.17) is 0 Å². The average Bonchev–Trinajstić information content (AvgIpc) is 2.84. The van der Waals surface area contributed by atoms with Crippen molar-refractivity contribution in [1.82, 2.24) is 10.3 Å². The predicted octanol–water partition coefficient (Wildman–Crippen LogP) is 3.10. The third kappa shape index (κ3) is 3.44. The minimum absolute atomic E-state index is 0.253. The fraction of sp³-hybridized carbons (Fsp3) is 0.667. The van der Waals surface area contributed by atoms with Crippen LogP contribution in [0.3, 0.4) is 0 Å². The van der Waals surface area contributed by atoms with Gasteiger partial charge in [-0.1, -0.05) is 20.8 Å². The van der Waals surface area contributed by atoms with Crippen LogP contribution < -0.4 is 10.2 Å². The summed E-state index contributed by atoms with van der Waals surface area (Å²) >= 11 is 0. The van der Waals surface area contributed by atoms with Gasteiger partial charge in [0.25, 0.3) is 0 Å². The lowest BCUT2D eigenvalue weighted by Crippen LogP contribution is -2.31. The molecule has 0 amide bonds. The summed E-state index contributed by atoms with van der Waals surface area (Å²) in [5.41, 5.74) is 0.967. The van der Waals surface area contributed by atoms with Crippen LogP contribution in [0.15, 0.2) is 12.3 Å². The lowest BCUT2D eigenvalue weighted by atomic mass is 10.1. The molecule has 0 spiro atoms. The maximum atomic E-state index is 13.4. The van der Waals surface area contributed by atoms with Crippen molar-refractivity contribution < 1.29 is 4.39 Å². The van der Waals surface area contributed by atoms with Gasteiger partial charge in [0.2, 0.25) is 0 Å². The average molecular weight is 265 g/mol. The zero-order chi connectivity index (χ0) is 13.8. The summed E-state index contributed by atoms with van der Waals surface area (Å²) in [6, 6.07) is 2.55. The van der Waals surface area contributed by atoms with Gasteiger partial charge in [0.15, 0.2) is 0 Å². The highest BCUT2D eigenvalue weighted by molar-refractivity contribution is 5.48. The number of rotatable bonds is 5. The maximum absolute atomic E-state index is 13.4. The van der Waals surface area contributed by atoms with Crippen LogP contribution in [0.25, 0.3) is 0 Å². The third-order valence-electron chi connectivity index (χ3n) is 3.73. The van der Waals surface area contributed by atoms with Gasteiger partial charge in [-0.05, 0) is 25.3 Å². The van der Waals surface area contributed by atoms with Gasteiger partial charge in [0, 0.05) is 30.7 Å². The van der Waals surface area contributed by atoms with E-state index in [1.165, 1.54) is 19.0 Å². The molecule has 1 aromatic rings. The second kappa shape index (κ2) is 6.33. The Balaban J connectivity index is 2.23. The zero-order valence-corrected chi connectivity index (χ0v) is 12.1. The minimum atomic E-state index is -0.253. The first-order valence-electron chi connectivity index (χ1n) is 7.26. The minimum Gasteiger partial charge on any atom is -0.353 e. The van der Waals surface area contributed by atoms with E-state index in [0.717, 1.165) is 24.3 Å². The normalized spacial score (nSPS) is 19.4. The Morgan fingerprint density at radius 2 is 2.32 bits per heavy atom. The highest BCUT2D eigenvalue weighted by atomic mass is 19.1. The third-order valence-corrected chi connectivity index (χ3v) is 3.73. The number of nitrogens with one attached hydrogen (secondary N) is 1. The van der Waals surface area contributed by atoms with Crippen LogP contribution in [0, 0.1) is 5.82 Å². The Bertz CT molecular complexity index is 420. The summed E-state index contributed by atoms with van der Waals surface area (Å²) < 4.78 is 13.4. The van der Waals surface area contributed by atoms with E-state index in [1.54, 1.807) is 6.07 Å². The van der Waals surface area contributed by atoms with E-state index in [9.17, 15) is 4.39 Å². The molecule has 1 atom stereocenters. The molecular formula is C15H24FN3. The first kappa shape index (κ1) is 14.3. The molecule has 2 heterocycles. The van der Waals surface area contributed by atoms with E-state index in [2.05, 4.69) is 36.0 Å². The van der Waals surface area contributed by atoms with Crippen LogP contribution in [0.4, 0.5) is 10.2 Å². The van der Waals surface area contributed by atoms with Crippen molar-refractivity contribution in [2.45, 2.75) is 58.7 Å². The molecule has 19 heavy (non-hydrogen) atoms. The number of hydrogen-bond acceptors (Lipinski definition) is 3. The molecule has 4 heteroatoms. The summed E-state index contributed by atoms with van der Waals surface area (Å²) in [6.07, 6.45) is 4.87. The highest BCUT2D eigenvalue weighted by Gasteiger charge is 2.26. The molecule has 1 unspecified atom stereocenters. The van der Waals surface area contributed by atoms with Gasteiger partial charge in [0.05, 0.1) is 6.20 Å². The number of hydrogen-bond donors (Lipinski definition) is 1. The number of halogens is 1. The van der Waals surface area contributed by atoms with Crippen molar-refractivity contribution in [3.05, 3.63) is 23.6 Å². The Morgan fingerprint density at radius 3 is 3.00 bits per heavy atom. The molecule has 3 nitrogen and oxygen atoms in total. The van der Waals surface area contributed by atoms with E-state index in [1.807, 2.05) is 0 Å². The molecule has 1 aromatic heterocycles. The maximum Gasteiger partial charge on any atom is 0.141 e. The Kier molecular flexibility index (Phi) is 4.75. The van der Waals surface area contributed by atoms with Crippen LogP contribution in [0.1, 0.15) is 45.6 Å². The molecule has 1 fully saturated rings. The van der Waals surface area contributed by atoms with Crippen LogP contribution in [-0.4, -0.2) is 23.6 Å². The monoisotopic (exact) mass is 265 g/mol. The van der Waals surface area contributed by atoms with E-state index >= 15 is 0 Å². The number of nitrogens with zero attached hydrogens (tertiary/aromatic N) is 2. The second-order valence-electron chi connectivity index (χ2n) is 5.57. The second-order valence-corrected chi connectivity index (χ2v) is 5.57. The summed E-state index contributed by atoms with van der Waals surface area (Å²) in [6.45, 7) is 8.10. The molecule has 0 saturated carbocycles. The Labute approximate surface area is 115 Å². The highest BCUT2D eigenvalue weighted by Crippen LogP contribution is 2.28. The quantitative estimate of drug-likeness (QED) is 0.886. The van der Waals surface area contributed by atoms with Crippen molar-refractivity contribution in [3.8, 4) is 0 Å². The first-order valence-corrected chi connectivity index (χ1v) is 7.26. The Hall–Kier alpha value is -1.16. The van der Waals surface area contributed by atoms with Crippen molar-refractivity contribution in [2.75, 3.05) is 11.4 Å². The van der Waals surface area contributed by atoms with Crippen molar-refractivity contribution >= 4 is 5.82 Å². The van der Waals surface area contributed by atoms with Crippen LogP contribution in [0.2, 0.25) is 0 Å². The zero-order valence-electron chi connectivity index (χ0n) is 12.1. The molecule has 0 bridgehead atoms. The summed E-state index contributed by atoms with van der Waals surface area (Å²) in [7, 11) is 0. The van der Waals surface area contributed by atoms with Gasteiger partial charge in [-0.2, -0.15) is 0 Å². The largest absolute Gasteiger partial charge is 0.353 e. The smallest absolute Gasteiger partial charge is 0.141 e. The van der Waals surface area contributed by atoms with Gasteiger partial charge in [-0.3, -0.25) is 0 Å². The van der Waals surface area contributed by atoms with Gasteiger partial charge in [-0.25, -0.2) is 9.37 Å². The standard InChI is InChI=1S/C15H24FN3/c1-4-14-6-5-7-19(14)15-12(9-17-11(2)3)8-13(16)10-18-15/h8,10-11,14,17H,4-7,9H2,1-3H3. The predicted molar refractivity (Wildman–Crippen MR) is 76.8 cm³/mol. The van der Waals surface area contributed by atoms with Crippen LogP contribution in [-0.2, 0) is 6.54 Å². The lowest BCUT2D eigenvalue weighted by molar-refractivity contribution is 0.572. The number of anilines is 1. The van der Waals surface area contributed by atoms with Gasteiger partial charge < -0.3 is 10.2 Å². The summed E-state index contributed by atoms with van der Waals surface area (Å²) in [4.78, 5) is 6.69. The van der Waals surface area contributed by atoms with Crippen molar-refractivity contribution in [1.29, 1.82) is 0 Å². The first-order chi connectivity index (χ1) is 9.11. The van der Waals surface area contributed by atoms with E-state index in [0.29, 0.717) is 18.6 Å². The van der Waals surface area contributed by atoms with Gasteiger partial charge in [-0.15, -0.1) is 0 Å². The fourth-order valence-corrected chi connectivity index (χ4v) is 2.72. The topological polar surface area (TPSA) is 28.2 Å². The fourth-order valence-electron chi connectivity index (χ4n) is 2.72. The lowest BCUT2D eigenvalue weighted by Gasteiger charge is -2.27. The molecule has 1 N–H and O–H groups in total. The molecular weight excluding hydrogens is 241 g/mol. The van der Waals surface area contributed by atoms with E-state index in [-0.39, 0.29) is 5.82 Å². The molecule has 1 saturated heterocycles.